The van der Waals surface area contributed by atoms with Crippen molar-refractivity contribution >= 4 is 10.0 Å². The number of halogens is 2. The molecule has 1 atom stereocenters. The fourth-order valence-corrected chi connectivity index (χ4v) is 4.57. The van der Waals surface area contributed by atoms with E-state index < -0.39 is 26.6 Å². The Morgan fingerprint density at radius 2 is 2.05 bits per heavy atom. The van der Waals surface area contributed by atoms with Crippen molar-refractivity contribution in [2.24, 2.45) is 0 Å². The largest absolute Gasteiger partial charge is 0.311 e. The van der Waals surface area contributed by atoms with Gasteiger partial charge in [-0.05, 0) is 56.8 Å². The number of rotatable bonds is 3. The highest BCUT2D eigenvalue weighted by molar-refractivity contribution is 7.89. The Kier molecular flexibility index (Phi) is 3.75. The number of piperidine rings is 1. The normalized spacial score (nSPS) is 24.8. The van der Waals surface area contributed by atoms with Crippen molar-refractivity contribution in [2.45, 2.75) is 48.6 Å². The highest BCUT2D eigenvalue weighted by atomic mass is 32.2. The summed E-state index contributed by atoms with van der Waals surface area (Å²) in [5.41, 5.74) is 0.0336. The maximum absolute atomic E-state index is 13.7. The molecule has 0 bridgehead atoms. The topological polar surface area (TPSA) is 58.2 Å². The van der Waals surface area contributed by atoms with Gasteiger partial charge >= 0.3 is 0 Å². The van der Waals surface area contributed by atoms with E-state index in [1.54, 1.807) is 0 Å². The van der Waals surface area contributed by atoms with Gasteiger partial charge in [-0.1, -0.05) is 0 Å². The smallest absolute Gasteiger partial charge is 0.243 e. The molecule has 1 saturated carbocycles. The standard InChI is InChI=1S/C14H18F2N2O2S/c15-10-2-3-12(16)13(8-10)21(19,20)18-11-4-7-17-14(9-11)5-1-6-14/h2-3,8,11,17-18H,1,4-7,9H2. The fourth-order valence-electron chi connectivity index (χ4n) is 3.21. The summed E-state index contributed by atoms with van der Waals surface area (Å²) in [6.45, 7) is 0.735. The highest BCUT2D eigenvalue weighted by Gasteiger charge is 2.42. The summed E-state index contributed by atoms with van der Waals surface area (Å²) in [7, 11) is -4.04. The van der Waals surface area contributed by atoms with Crippen molar-refractivity contribution in [1.82, 2.24) is 10.0 Å². The van der Waals surface area contributed by atoms with Crippen LogP contribution >= 0.6 is 0 Å². The van der Waals surface area contributed by atoms with Crippen LogP contribution in [0.2, 0.25) is 0 Å². The molecule has 3 rings (SSSR count). The maximum atomic E-state index is 13.7. The zero-order valence-corrected chi connectivity index (χ0v) is 12.3. The molecule has 1 aliphatic carbocycles. The number of hydrogen-bond acceptors (Lipinski definition) is 3. The molecule has 7 heteroatoms. The number of hydrogen-bond donors (Lipinski definition) is 2. The van der Waals surface area contributed by atoms with Crippen molar-refractivity contribution in [1.29, 1.82) is 0 Å². The SMILES string of the molecule is O=S(=O)(NC1CCNC2(CCC2)C1)c1cc(F)ccc1F. The van der Waals surface area contributed by atoms with Gasteiger partial charge in [-0.2, -0.15) is 0 Å². The van der Waals surface area contributed by atoms with Crippen LogP contribution in [-0.4, -0.2) is 26.5 Å². The van der Waals surface area contributed by atoms with Crippen LogP contribution in [0.25, 0.3) is 0 Å². The molecule has 1 unspecified atom stereocenters. The van der Waals surface area contributed by atoms with Crippen molar-refractivity contribution in [2.75, 3.05) is 6.54 Å². The van der Waals surface area contributed by atoms with Crippen LogP contribution < -0.4 is 10.0 Å². The lowest BCUT2D eigenvalue weighted by Crippen LogP contribution is -2.59. The highest BCUT2D eigenvalue weighted by Crippen LogP contribution is 2.38. The molecule has 1 saturated heterocycles. The monoisotopic (exact) mass is 316 g/mol. The zero-order chi connectivity index (χ0) is 15.1. The minimum atomic E-state index is -4.04. The molecule has 4 nitrogen and oxygen atoms in total. The third-order valence-electron chi connectivity index (χ3n) is 4.45. The quantitative estimate of drug-likeness (QED) is 0.896. The molecule has 2 N–H and O–H groups in total. The lowest BCUT2D eigenvalue weighted by Gasteiger charge is -2.48. The molecular formula is C14H18F2N2O2S. The van der Waals surface area contributed by atoms with Crippen molar-refractivity contribution in [3.63, 3.8) is 0 Å². The molecule has 1 aromatic rings. The summed E-state index contributed by atoms with van der Waals surface area (Å²) in [5, 5.41) is 3.44. The molecule has 116 valence electrons. The van der Waals surface area contributed by atoms with Gasteiger partial charge in [-0.25, -0.2) is 21.9 Å². The molecule has 1 spiro atoms. The molecule has 2 fully saturated rings. The first-order valence-electron chi connectivity index (χ1n) is 7.13. The van der Waals surface area contributed by atoms with Crippen LogP contribution in [0, 0.1) is 11.6 Å². The fraction of sp³-hybridized carbons (Fsp3) is 0.571. The zero-order valence-electron chi connectivity index (χ0n) is 11.5. The summed E-state index contributed by atoms with van der Waals surface area (Å²) < 4.78 is 53.9. The summed E-state index contributed by atoms with van der Waals surface area (Å²) in [5.74, 6) is -1.70. The second-order valence-corrected chi connectivity index (χ2v) is 7.63. The third-order valence-corrected chi connectivity index (χ3v) is 5.98. The number of benzene rings is 1. The Balaban J connectivity index is 1.78. The third kappa shape index (κ3) is 2.95. The van der Waals surface area contributed by atoms with E-state index in [0.717, 1.165) is 44.0 Å². The van der Waals surface area contributed by atoms with E-state index in [0.29, 0.717) is 12.8 Å². The van der Waals surface area contributed by atoms with Gasteiger partial charge in [0, 0.05) is 11.6 Å². The van der Waals surface area contributed by atoms with Crippen molar-refractivity contribution < 1.29 is 17.2 Å². The molecule has 1 heterocycles. The van der Waals surface area contributed by atoms with Crippen LogP contribution in [0.15, 0.2) is 23.1 Å². The van der Waals surface area contributed by atoms with E-state index in [1.165, 1.54) is 0 Å². The van der Waals surface area contributed by atoms with E-state index in [1.807, 2.05) is 0 Å². The van der Waals surface area contributed by atoms with Gasteiger partial charge in [0.15, 0.2) is 0 Å². The first kappa shape index (κ1) is 14.9. The van der Waals surface area contributed by atoms with Gasteiger partial charge in [0.25, 0.3) is 0 Å². The molecule has 1 aliphatic heterocycles. The Labute approximate surface area is 123 Å². The van der Waals surface area contributed by atoms with E-state index in [-0.39, 0.29) is 11.6 Å². The first-order chi connectivity index (χ1) is 9.90. The van der Waals surface area contributed by atoms with Gasteiger partial charge in [-0.15, -0.1) is 0 Å². The molecule has 0 radical (unpaired) electrons. The van der Waals surface area contributed by atoms with Gasteiger partial charge in [0.2, 0.25) is 10.0 Å². The van der Waals surface area contributed by atoms with E-state index in [2.05, 4.69) is 10.0 Å². The van der Waals surface area contributed by atoms with Crippen molar-refractivity contribution in [3.05, 3.63) is 29.8 Å². The van der Waals surface area contributed by atoms with Crippen LogP contribution in [0.4, 0.5) is 8.78 Å². The van der Waals surface area contributed by atoms with Crippen molar-refractivity contribution in [3.8, 4) is 0 Å². The first-order valence-corrected chi connectivity index (χ1v) is 8.61. The van der Waals surface area contributed by atoms with Crippen LogP contribution in [0.1, 0.15) is 32.1 Å². The van der Waals surface area contributed by atoms with Crippen LogP contribution in [-0.2, 0) is 10.0 Å². The summed E-state index contributed by atoms with van der Waals surface area (Å²) in [6.07, 6.45) is 4.57. The summed E-state index contributed by atoms with van der Waals surface area (Å²) in [6, 6.07) is 2.22. The minimum absolute atomic E-state index is 0.0336. The van der Waals surface area contributed by atoms with E-state index in [4.69, 9.17) is 0 Å². The molecule has 0 aromatic heterocycles. The number of sulfonamides is 1. The maximum Gasteiger partial charge on any atom is 0.243 e. The Morgan fingerprint density at radius 3 is 2.71 bits per heavy atom. The average molecular weight is 316 g/mol. The average Bonchev–Trinajstić information content (AvgIpc) is 2.39. The molecule has 0 amide bonds. The molecule has 2 aliphatic rings. The van der Waals surface area contributed by atoms with Gasteiger partial charge < -0.3 is 5.32 Å². The van der Waals surface area contributed by atoms with E-state index >= 15 is 0 Å². The van der Waals surface area contributed by atoms with Crippen LogP contribution in [0.5, 0.6) is 0 Å². The lowest BCUT2D eigenvalue weighted by atomic mass is 9.70. The minimum Gasteiger partial charge on any atom is -0.311 e. The molecule has 21 heavy (non-hydrogen) atoms. The Morgan fingerprint density at radius 1 is 1.29 bits per heavy atom. The van der Waals surface area contributed by atoms with Gasteiger partial charge in [0.05, 0.1) is 0 Å². The predicted octanol–water partition coefficient (Wildman–Crippen LogP) is 1.92. The lowest BCUT2D eigenvalue weighted by molar-refractivity contribution is 0.126. The van der Waals surface area contributed by atoms with Gasteiger partial charge in [-0.3, -0.25) is 0 Å². The van der Waals surface area contributed by atoms with E-state index in [9.17, 15) is 17.2 Å². The second kappa shape index (κ2) is 5.30. The predicted molar refractivity (Wildman–Crippen MR) is 74.3 cm³/mol. The number of nitrogens with one attached hydrogen (secondary N) is 2. The summed E-state index contributed by atoms with van der Waals surface area (Å²) in [4.78, 5) is -0.622. The molecular weight excluding hydrogens is 298 g/mol. The second-order valence-electron chi connectivity index (χ2n) is 5.95. The van der Waals surface area contributed by atoms with Gasteiger partial charge in [0.1, 0.15) is 16.5 Å². The Bertz CT molecular complexity index is 644. The summed E-state index contributed by atoms with van der Waals surface area (Å²) >= 11 is 0. The Hall–Kier alpha value is -1.05. The van der Waals surface area contributed by atoms with Crippen LogP contribution in [0.3, 0.4) is 0 Å². The molecule has 1 aromatic carbocycles.